The van der Waals surface area contributed by atoms with Crippen LogP contribution in [0.3, 0.4) is 0 Å². The van der Waals surface area contributed by atoms with Gasteiger partial charge in [0.25, 0.3) is 0 Å². The van der Waals surface area contributed by atoms with E-state index in [0.717, 1.165) is 0 Å². The van der Waals surface area contributed by atoms with E-state index in [2.05, 4.69) is 5.10 Å². The van der Waals surface area contributed by atoms with Gasteiger partial charge in [-0.1, -0.05) is 0 Å². The molecule has 4 nitrogen and oxygen atoms in total. The predicted octanol–water partition coefficient (Wildman–Crippen LogP) is -0.0500. The molecular formula is C7H11N3O. The van der Waals surface area contributed by atoms with Gasteiger partial charge >= 0.3 is 0 Å². The lowest BCUT2D eigenvalue weighted by atomic mass is 10.1. The van der Waals surface area contributed by atoms with Crippen LogP contribution < -0.4 is 5.73 Å². The molecule has 11 heavy (non-hydrogen) atoms. The van der Waals surface area contributed by atoms with Crippen LogP contribution in [-0.4, -0.2) is 21.6 Å². The number of nitrogens with two attached hydrogens (primary N) is 1. The summed E-state index contributed by atoms with van der Waals surface area (Å²) in [5, 5.41) is 3.86. The van der Waals surface area contributed by atoms with Gasteiger partial charge in [-0.15, -0.1) is 0 Å². The number of hydrogen-bond acceptors (Lipinski definition) is 3. The Hall–Kier alpha value is -1.16. The number of nitrogens with zero attached hydrogens (tertiary/aromatic N) is 2. The molecule has 1 aromatic heterocycles. The summed E-state index contributed by atoms with van der Waals surface area (Å²) in [6.07, 6.45) is 3.18. The minimum atomic E-state index is -0.445. The molecule has 1 rings (SSSR count). The summed E-state index contributed by atoms with van der Waals surface area (Å²) in [5.41, 5.74) is 5.96. The van der Waals surface area contributed by atoms with Gasteiger partial charge in [0.2, 0.25) is 0 Å². The first-order chi connectivity index (χ1) is 5.11. The van der Waals surface area contributed by atoms with Crippen LogP contribution in [0, 0.1) is 0 Å². The second kappa shape index (κ2) is 2.84. The predicted molar refractivity (Wildman–Crippen MR) is 41.2 cm³/mol. The fraction of sp³-hybridized carbons (Fsp3) is 0.429. The highest BCUT2D eigenvalue weighted by Crippen LogP contribution is 1.99. The highest BCUT2D eigenvalue weighted by molar-refractivity contribution is 5.99. The molecule has 0 saturated heterocycles. The number of carbonyl (C=O) groups excluding carboxylic acids is 1. The van der Waals surface area contributed by atoms with Crippen LogP contribution >= 0.6 is 0 Å². The molecule has 1 atom stereocenters. The molecule has 1 unspecified atom stereocenters. The van der Waals surface area contributed by atoms with Crippen molar-refractivity contribution in [2.75, 3.05) is 0 Å². The number of aromatic nitrogens is 2. The molecule has 0 bridgehead atoms. The Morgan fingerprint density at radius 3 is 2.82 bits per heavy atom. The first kappa shape index (κ1) is 7.94. The Morgan fingerprint density at radius 2 is 2.45 bits per heavy atom. The van der Waals surface area contributed by atoms with E-state index in [1.807, 2.05) is 0 Å². The maximum Gasteiger partial charge on any atom is 0.182 e. The van der Waals surface area contributed by atoms with Crippen LogP contribution in [0.2, 0.25) is 0 Å². The van der Waals surface area contributed by atoms with Gasteiger partial charge in [0, 0.05) is 13.2 Å². The number of aryl methyl sites for hydroxylation is 1. The topological polar surface area (TPSA) is 60.9 Å². The molecule has 60 valence electrons. The summed E-state index contributed by atoms with van der Waals surface area (Å²) in [5.74, 6) is -0.0712. The first-order valence-electron chi connectivity index (χ1n) is 3.39. The maximum absolute atomic E-state index is 11.2. The average molecular weight is 153 g/mol. The van der Waals surface area contributed by atoms with Crippen LogP contribution in [-0.2, 0) is 7.05 Å². The van der Waals surface area contributed by atoms with Crippen molar-refractivity contribution in [3.8, 4) is 0 Å². The molecule has 2 N–H and O–H groups in total. The highest BCUT2D eigenvalue weighted by atomic mass is 16.1. The van der Waals surface area contributed by atoms with Gasteiger partial charge in [-0.2, -0.15) is 5.10 Å². The molecule has 0 aliphatic rings. The van der Waals surface area contributed by atoms with E-state index in [1.165, 1.54) is 6.20 Å². The Labute approximate surface area is 65.0 Å². The van der Waals surface area contributed by atoms with Gasteiger partial charge in [-0.05, 0) is 6.92 Å². The van der Waals surface area contributed by atoms with Crippen molar-refractivity contribution in [3.05, 3.63) is 18.0 Å². The van der Waals surface area contributed by atoms with Crippen molar-refractivity contribution in [3.63, 3.8) is 0 Å². The second-order valence-electron chi connectivity index (χ2n) is 2.56. The average Bonchev–Trinajstić information content (AvgIpc) is 2.34. The van der Waals surface area contributed by atoms with Crippen LogP contribution in [0.25, 0.3) is 0 Å². The summed E-state index contributed by atoms with van der Waals surface area (Å²) < 4.78 is 1.58. The third-order valence-corrected chi connectivity index (χ3v) is 1.40. The molecular weight excluding hydrogens is 142 g/mol. The summed E-state index contributed by atoms with van der Waals surface area (Å²) in [4.78, 5) is 11.2. The summed E-state index contributed by atoms with van der Waals surface area (Å²) >= 11 is 0. The third-order valence-electron chi connectivity index (χ3n) is 1.40. The zero-order valence-electron chi connectivity index (χ0n) is 6.61. The quantitative estimate of drug-likeness (QED) is 0.606. The van der Waals surface area contributed by atoms with Crippen molar-refractivity contribution in [2.24, 2.45) is 12.8 Å². The Bertz CT molecular complexity index is 264. The molecule has 0 aliphatic carbocycles. The SMILES string of the molecule is CC(N)C(=O)c1cnn(C)c1. The zero-order chi connectivity index (χ0) is 8.43. The summed E-state index contributed by atoms with van der Waals surface area (Å²) in [6.45, 7) is 1.66. The number of carbonyl (C=O) groups is 1. The zero-order valence-corrected chi connectivity index (χ0v) is 6.61. The Balaban J connectivity index is 2.85. The summed E-state index contributed by atoms with van der Waals surface area (Å²) in [6, 6.07) is -0.445. The Morgan fingerprint density at radius 1 is 1.82 bits per heavy atom. The molecule has 0 radical (unpaired) electrons. The minimum Gasteiger partial charge on any atom is -0.321 e. The molecule has 4 heteroatoms. The van der Waals surface area contributed by atoms with Crippen molar-refractivity contribution in [2.45, 2.75) is 13.0 Å². The number of rotatable bonds is 2. The third kappa shape index (κ3) is 1.65. The van der Waals surface area contributed by atoms with E-state index in [4.69, 9.17) is 5.73 Å². The van der Waals surface area contributed by atoms with Crippen molar-refractivity contribution in [1.82, 2.24) is 9.78 Å². The molecule has 1 aromatic rings. The molecule has 0 spiro atoms. The van der Waals surface area contributed by atoms with Gasteiger partial charge in [0.15, 0.2) is 5.78 Å². The fourth-order valence-corrected chi connectivity index (χ4v) is 0.811. The largest absolute Gasteiger partial charge is 0.321 e. The van der Waals surface area contributed by atoms with Gasteiger partial charge < -0.3 is 5.73 Å². The molecule has 0 saturated carbocycles. The van der Waals surface area contributed by atoms with E-state index >= 15 is 0 Å². The van der Waals surface area contributed by atoms with Crippen molar-refractivity contribution in [1.29, 1.82) is 0 Å². The van der Waals surface area contributed by atoms with Gasteiger partial charge in [-0.3, -0.25) is 9.48 Å². The second-order valence-corrected chi connectivity index (χ2v) is 2.56. The van der Waals surface area contributed by atoms with Crippen molar-refractivity contribution < 1.29 is 4.79 Å². The monoisotopic (exact) mass is 153 g/mol. The van der Waals surface area contributed by atoms with Crippen LogP contribution in [0.1, 0.15) is 17.3 Å². The molecule has 1 heterocycles. The lowest BCUT2D eigenvalue weighted by Gasteiger charge is -1.98. The van der Waals surface area contributed by atoms with E-state index < -0.39 is 6.04 Å². The number of ketones is 1. The van der Waals surface area contributed by atoms with Gasteiger partial charge in [0.05, 0.1) is 17.8 Å². The standard InChI is InChI=1S/C7H11N3O/c1-5(8)7(11)6-3-9-10(2)4-6/h3-5H,8H2,1-2H3. The smallest absolute Gasteiger partial charge is 0.182 e. The lowest BCUT2D eigenvalue weighted by molar-refractivity contribution is 0.0968. The van der Waals surface area contributed by atoms with E-state index in [9.17, 15) is 4.79 Å². The first-order valence-corrected chi connectivity index (χ1v) is 3.39. The normalized spacial score (nSPS) is 13.0. The lowest BCUT2D eigenvalue weighted by Crippen LogP contribution is -2.26. The van der Waals surface area contributed by atoms with Gasteiger partial charge in [-0.25, -0.2) is 0 Å². The highest BCUT2D eigenvalue weighted by Gasteiger charge is 2.11. The van der Waals surface area contributed by atoms with Gasteiger partial charge in [0.1, 0.15) is 0 Å². The van der Waals surface area contributed by atoms with Crippen LogP contribution in [0.4, 0.5) is 0 Å². The number of Topliss-reactive ketones (excluding diaryl/α,β-unsaturated/α-hetero) is 1. The van der Waals surface area contributed by atoms with Crippen LogP contribution in [0.5, 0.6) is 0 Å². The van der Waals surface area contributed by atoms with E-state index in [-0.39, 0.29) is 5.78 Å². The fourth-order valence-electron chi connectivity index (χ4n) is 0.811. The van der Waals surface area contributed by atoms with E-state index in [1.54, 1.807) is 24.9 Å². The van der Waals surface area contributed by atoms with Crippen molar-refractivity contribution >= 4 is 5.78 Å². The number of hydrogen-bond donors (Lipinski definition) is 1. The molecule has 0 aliphatic heterocycles. The van der Waals surface area contributed by atoms with E-state index in [0.29, 0.717) is 5.56 Å². The Kier molecular flexibility index (Phi) is 2.05. The molecule has 0 amide bonds. The minimum absolute atomic E-state index is 0.0712. The summed E-state index contributed by atoms with van der Waals surface area (Å²) in [7, 11) is 1.76. The molecule has 0 aromatic carbocycles. The molecule has 0 fully saturated rings. The maximum atomic E-state index is 11.2. The van der Waals surface area contributed by atoms with Crippen LogP contribution in [0.15, 0.2) is 12.4 Å².